The fraction of sp³-hybridized carbons (Fsp3) is 0.400. The van der Waals surface area contributed by atoms with Crippen molar-refractivity contribution in [2.45, 2.75) is 17.4 Å². The highest BCUT2D eigenvalue weighted by atomic mass is 79.9. The van der Waals surface area contributed by atoms with Crippen LogP contribution in [0, 0.1) is 0 Å². The normalized spacial score (nSPS) is 15.3. The third-order valence-corrected chi connectivity index (χ3v) is 4.20. The maximum Gasteiger partial charge on any atom is 0.242 e. The predicted octanol–water partition coefficient (Wildman–Crippen LogP) is 0.0529. The maximum atomic E-state index is 12.0. The van der Waals surface area contributed by atoms with Crippen molar-refractivity contribution in [3.8, 4) is 0 Å². The van der Waals surface area contributed by atoms with Gasteiger partial charge in [-0.25, -0.2) is 13.1 Å². The summed E-state index contributed by atoms with van der Waals surface area (Å²) in [7, 11) is -3.83. The lowest BCUT2D eigenvalue weighted by Crippen LogP contribution is -2.43. The monoisotopic (exact) mass is 338 g/mol. The van der Waals surface area contributed by atoms with Gasteiger partial charge in [0.15, 0.2) is 0 Å². The van der Waals surface area contributed by atoms with Crippen LogP contribution in [0.5, 0.6) is 0 Å². The van der Waals surface area contributed by atoms with Crippen molar-refractivity contribution < 1.29 is 18.6 Å². The van der Waals surface area contributed by atoms with Crippen molar-refractivity contribution in [3.63, 3.8) is 0 Å². The molecule has 0 amide bonds. The Kier molecular flexibility index (Phi) is 4.73. The van der Waals surface area contributed by atoms with Crippen LogP contribution in [-0.2, 0) is 10.0 Å². The molecule has 0 fully saturated rings. The molecule has 0 aliphatic carbocycles. The lowest BCUT2D eigenvalue weighted by molar-refractivity contribution is 0.00681. The third-order valence-electron chi connectivity index (χ3n) is 2.25. The Bertz CT molecular complexity index is 531. The van der Waals surface area contributed by atoms with E-state index in [4.69, 9.17) is 10.8 Å². The molecule has 0 bridgehead atoms. The van der Waals surface area contributed by atoms with E-state index in [0.29, 0.717) is 4.47 Å². The van der Waals surface area contributed by atoms with Crippen molar-refractivity contribution in [1.82, 2.24) is 4.72 Å². The van der Waals surface area contributed by atoms with Crippen molar-refractivity contribution in [2.75, 3.05) is 18.9 Å². The molecule has 0 spiro atoms. The molecule has 0 aromatic heterocycles. The Morgan fingerprint density at radius 1 is 1.50 bits per heavy atom. The highest BCUT2D eigenvalue weighted by Crippen LogP contribution is 2.22. The van der Waals surface area contributed by atoms with Crippen LogP contribution in [0.1, 0.15) is 6.92 Å². The lowest BCUT2D eigenvalue weighted by atomic mass is 10.1. The Hall–Kier alpha value is -0.670. The average molecular weight is 339 g/mol. The first kappa shape index (κ1) is 15.4. The van der Waals surface area contributed by atoms with Crippen molar-refractivity contribution in [2.24, 2.45) is 0 Å². The molecule has 0 saturated carbocycles. The molecule has 5 N–H and O–H groups in total. The van der Waals surface area contributed by atoms with E-state index in [1.54, 1.807) is 6.07 Å². The zero-order chi connectivity index (χ0) is 14.0. The van der Waals surface area contributed by atoms with E-state index in [2.05, 4.69) is 20.7 Å². The number of sulfonamides is 1. The van der Waals surface area contributed by atoms with E-state index in [1.165, 1.54) is 19.1 Å². The number of nitrogens with two attached hydrogens (primary N) is 1. The van der Waals surface area contributed by atoms with Gasteiger partial charge in [-0.2, -0.15) is 0 Å². The smallest absolute Gasteiger partial charge is 0.242 e. The van der Waals surface area contributed by atoms with Crippen molar-refractivity contribution in [3.05, 3.63) is 22.7 Å². The van der Waals surface area contributed by atoms with Gasteiger partial charge in [-0.05, 0) is 25.1 Å². The molecule has 1 atom stereocenters. The molecule has 0 radical (unpaired) electrons. The molecule has 1 unspecified atom stereocenters. The van der Waals surface area contributed by atoms with E-state index in [1.807, 2.05) is 0 Å². The fourth-order valence-electron chi connectivity index (χ4n) is 1.13. The van der Waals surface area contributed by atoms with Gasteiger partial charge in [0.25, 0.3) is 0 Å². The Labute approximate surface area is 114 Å². The molecule has 0 saturated heterocycles. The number of hydrogen-bond acceptors (Lipinski definition) is 5. The van der Waals surface area contributed by atoms with E-state index in [9.17, 15) is 13.5 Å². The van der Waals surface area contributed by atoms with Gasteiger partial charge in [-0.3, -0.25) is 0 Å². The van der Waals surface area contributed by atoms with Crippen LogP contribution >= 0.6 is 15.9 Å². The molecule has 8 heteroatoms. The van der Waals surface area contributed by atoms with E-state index in [0.717, 1.165) is 0 Å². The topological polar surface area (TPSA) is 113 Å². The summed E-state index contributed by atoms with van der Waals surface area (Å²) in [5, 5.41) is 18.4. The molecule has 6 nitrogen and oxygen atoms in total. The molecule has 1 aromatic carbocycles. The summed E-state index contributed by atoms with van der Waals surface area (Å²) in [4.78, 5) is -0.0781. The van der Waals surface area contributed by atoms with Crippen molar-refractivity contribution in [1.29, 1.82) is 0 Å². The second kappa shape index (κ2) is 5.54. The van der Waals surface area contributed by atoms with Crippen LogP contribution < -0.4 is 10.5 Å². The maximum absolute atomic E-state index is 12.0. The molecular weight excluding hydrogens is 324 g/mol. The molecule has 0 aliphatic heterocycles. The first-order valence-corrected chi connectivity index (χ1v) is 7.33. The van der Waals surface area contributed by atoms with Crippen LogP contribution in [0.3, 0.4) is 0 Å². The molecule has 0 heterocycles. The first-order valence-electron chi connectivity index (χ1n) is 5.06. The molecule has 0 aliphatic rings. The largest absolute Gasteiger partial charge is 0.398 e. The Morgan fingerprint density at radius 2 is 2.11 bits per heavy atom. The minimum Gasteiger partial charge on any atom is -0.398 e. The van der Waals surface area contributed by atoms with Gasteiger partial charge in [0.1, 0.15) is 4.90 Å². The number of aliphatic hydroxyl groups is 2. The summed E-state index contributed by atoms with van der Waals surface area (Å²) in [6, 6.07) is 4.45. The number of halogens is 1. The van der Waals surface area contributed by atoms with Gasteiger partial charge in [0.05, 0.1) is 17.9 Å². The third kappa shape index (κ3) is 3.92. The molecule has 1 aromatic rings. The zero-order valence-electron chi connectivity index (χ0n) is 9.72. The highest BCUT2D eigenvalue weighted by Gasteiger charge is 2.24. The number of aliphatic hydroxyl groups excluding tert-OH is 1. The van der Waals surface area contributed by atoms with Crippen molar-refractivity contribution >= 4 is 31.6 Å². The summed E-state index contributed by atoms with van der Waals surface area (Å²) in [6.07, 6.45) is 0. The molecule has 1 rings (SSSR count). The second-order valence-corrected chi connectivity index (χ2v) is 6.81. The number of rotatable bonds is 5. The lowest BCUT2D eigenvalue weighted by Gasteiger charge is -2.20. The Balaban J connectivity index is 2.97. The van der Waals surface area contributed by atoms with Crippen LogP contribution in [0.2, 0.25) is 0 Å². The van der Waals surface area contributed by atoms with Gasteiger partial charge in [-0.1, -0.05) is 15.9 Å². The summed E-state index contributed by atoms with van der Waals surface area (Å²) >= 11 is 3.16. The summed E-state index contributed by atoms with van der Waals surface area (Å²) in [6.45, 7) is 0.459. The molecule has 18 heavy (non-hydrogen) atoms. The standard InChI is InChI=1S/C10H15BrN2O4S/c1-10(15,6-14)5-13-18(16,17)9-4-7(11)2-3-8(9)12/h2-4,13-15H,5-6,12H2,1H3. The number of anilines is 1. The van der Waals surface area contributed by atoms with Gasteiger partial charge in [0.2, 0.25) is 10.0 Å². The molecular formula is C10H15BrN2O4S. The van der Waals surface area contributed by atoms with E-state index >= 15 is 0 Å². The minimum absolute atomic E-state index is 0.0781. The fourth-order valence-corrected chi connectivity index (χ4v) is 2.95. The quantitative estimate of drug-likeness (QED) is 0.567. The summed E-state index contributed by atoms with van der Waals surface area (Å²) in [5.74, 6) is 0. The van der Waals surface area contributed by atoms with Crippen LogP contribution in [-0.4, -0.2) is 37.4 Å². The van der Waals surface area contributed by atoms with Crippen LogP contribution in [0.15, 0.2) is 27.6 Å². The zero-order valence-corrected chi connectivity index (χ0v) is 12.1. The highest BCUT2D eigenvalue weighted by molar-refractivity contribution is 9.10. The summed E-state index contributed by atoms with van der Waals surface area (Å²) < 4.78 is 26.7. The SMILES string of the molecule is CC(O)(CO)CNS(=O)(=O)c1cc(Br)ccc1N. The van der Waals surface area contributed by atoms with Gasteiger partial charge >= 0.3 is 0 Å². The van der Waals surface area contributed by atoms with Gasteiger partial charge in [-0.15, -0.1) is 0 Å². The van der Waals surface area contributed by atoms with Crippen LogP contribution in [0.4, 0.5) is 5.69 Å². The summed E-state index contributed by atoms with van der Waals surface area (Å²) in [5.41, 5.74) is 4.18. The number of nitrogen functional groups attached to an aromatic ring is 1. The van der Waals surface area contributed by atoms with E-state index < -0.39 is 22.2 Å². The number of benzene rings is 1. The number of hydrogen-bond donors (Lipinski definition) is 4. The van der Waals surface area contributed by atoms with E-state index in [-0.39, 0.29) is 17.1 Å². The van der Waals surface area contributed by atoms with Gasteiger partial charge in [0, 0.05) is 11.0 Å². The Morgan fingerprint density at radius 3 is 2.67 bits per heavy atom. The molecule has 102 valence electrons. The second-order valence-electron chi connectivity index (χ2n) is 4.16. The van der Waals surface area contributed by atoms with Gasteiger partial charge < -0.3 is 15.9 Å². The minimum atomic E-state index is -3.83. The average Bonchev–Trinajstić information content (AvgIpc) is 2.30. The first-order chi connectivity index (χ1) is 8.18. The predicted molar refractivity (Wildman–Crippen MR) is 71.5 cm³/mol. The van der Waals surface area contributed by atoms with Crippen LogP contribution in [0.25, 0.3) is 0 Å². The number of nitrogens with one attached hydrogen (secondary N) is 1.